The lowest BCUT2D eigenvalue weighted by molar-refractivity contribution is -0.141. The molecule has 0 radical (unpaired) electrons. The molecular formula is C23H42N4O3S. The van der Waals surface area contributed by atoms with Gasteiger partial charge in [0.2, 0.25) is 5.91 Å². The van der Waals surface area contributed by atoms with Gasteiger partial charge in [0.05, 0.1) is 19.3 Å². The van der Waals surface area contributed by atoms with Gasteiger partial charge in [-0.15, -0.1) is 11.8 Å². The molecule has 4 fully saturated rings. The van der Waals surface area contributed by atoms with E-state index < -0.39 is 6.10 Å². The number of aliphatic hydroxyl groups excluding tert-OH is 1. The Morgan fingerprint density at radius 1 is 1.39 bits per heavy atom. The van der Waals surface area contributed by atoms with Crippen LogP contribution in [0.3, 0.4) is 0 Å². The molecule has 2 aliphatic carbocycles. The quantitative estimate of drug-likeness (QED) is 0.478. The lowest BCUT2D eigenvalue weighted by atomic mass is 9.51. The van der Waals surface area contributed by atoms with E-state index in [0.29, 0.717) is 29.3 Å². The summed E-state index contributed by atoms with van der Waals surface area (Å²) in [5.41, 5.74) is 0.450. The molecule has 0 aromatic heterocycles. The number of rotatable bonds is 6. The number of hydrogen-bond donors (Lipinski definition) is 4. The summed E-state index contributed by atoms with van der Waals surface area (Å²) in [5, 5.41) is 22.4. The van der Waals surface area contributed by atoms with Crippen LogP contribution in [0.5, 0.6) is 0 Å². The van der Waals surface area contributed by atoms with Crippen molar-refractivity contribution in [3.63, 3.8) is 0 Å². The van der Waals surface area contributed by atoms with Crippen LogP contribution in [-0.2, 0) is 9.53 Å². The molecule has 0 bridgehead atoms. The van der Waals surface area contributed by atoms with Crippen molar-refractivity contribution in [2.75, 3.05) is 46.4 Å². The van der Waals surface area contributed by atoms with Crippen LogP contribution >= 0.6 is 11.8 Å². The summed E-state index contributed by atoms with van der Waals surface area (Å²) in [7, 11) is 2.01. The Morgan fingerprint density at radius 3 is 2.84 bits per heavy atom. The van der Waals surface area contributed by atoms with Gasteiger partial charge in [0.1, 0.15) is 5.50 Å². The van der Waals surface area contributed by atoms with Gasteiger partial charge in [-0.05, 0) is 49.5 Å². The average molecular weight is 455 g/mol. The van der Waals surface area contributed by atoms with Gasteiger partial charge in [-0.3, -0.25) is 20.3 Å². The van der Waals surface area contributed by atoms with Crippen molar-refractivity contribution in [2.24, 2.45) is 29.1 Å². The van der Waals surface area contributed by atoms with Crippen molar-refractivity contribution in [2.45, 2.75) is 62.9 Å². The Hall–Kier alpha value is -0.380. The largest absolute Gasteiger partial charge is 0.392 e. The summed E-state index contributed by atoms with van der Waals surface area (Å²) >= 11 is 2.01. The molecule has 3 unspecified atom stereocenters. The second-order valence-corrected chi connectivity index (χ2v) is 11.9. The molecule has 9 atom stereocenters. The van der Waals surface area contributed by atoms with Crippen LogP contribution in [0.2, 0.25) is 0 Å². The number of morpholine rings is 1. The van der Waals surface area contributed by atoms with Gasteiger partial charge in [0, 0.05) is 43.4 Å². The van der Waals surface area contributed by atoms with E-state index in [0.717, 1.165) is 52.1 Å². The zero-order valence-electron chi connectivity index (χ0n) is 19.6. The third kappa shape index (κ3) is 4.80. The summed E-state index contributed by atoms with van der Waals surface area (Å²) in [6, 6.07) is 0.423. The predicted octanol–water partition coefficient (Wildman–Crippen LogP) is 1.08. The molecule has 0 aromatic carbocycles. The third-order valence-electron chi connectivity index (χ3n) is 8.66. The second-order valence-electron chi connectivity index (χ2n) is 10.5. The SMILES string of the molecule is CNC1NC2C(C[C@@]3(C)CC[C@H]([C@H](C)C(=O)NCCN4CCOCC4)[C@H](O)[C@H]3[C@H]2C)S1. The molecule has 0 aromatic rings. The molecule has 4 rings (SSSR count). The highest BCUT2D eigenvalue weighted by molar-refractivity contribution is 8.00. The van der Waals surface area contributed by atoms with Gasteiger partial charge in [-0.25, -0.2) is 0 Å². The normalized spacial score (nSPS) is 44.4. The average Bonchev–Trinajstić information content (AvgIpc) is 3.17. The number of nitrogens with one attached hydrogen (secondary N) is 3. The highest BCUT2D eigenvalue weighted by atomic mass is 32.2. The van der Waals surface area contributed by atoms with E-state index >= 15 is 0 Å². The number of ether oxygens (including phenoxy) is 1. The van der Waals surface area contributed by atoms with E-state index in [9.17, 15) is 9.90 Å². The maximum Gasteiger partial charge on any atom is 0.223 e. The molecule has 178 valence electrons. The fourth-order valence-corrected chi connectivity index (χ4v) is 8.53. The number of hydrogen-bond acceptors (Lipinski definition) is 7. The fraction of sp³-hybridized carbons (Fsp3) is 0.957. The highest BCUT2D eigenvalue weighted by Crippen LogP contribution is 2.58. The van der Waals surface area contributed by atoms with Crippen LogP contribution in [-0.4, -0.2) is 85.2 Å². The Bertz CT molecular complexity index is 634. The van der Waals surface area contributed by atoms with Crippen LogP contribution in [0.1, 0.15) is 40.0 Å². The van der Waals surface area contributed by atoms with Crippen LogP contribution in [0.25, 0.3) is 0 Å². The zero-order valence-corrected chi connectivity index (χ0v) is 20.4. The fourth-order valence-electron chi connectivity index (χ4n) is 6.84. The summed E-state index contributed by atoms with van der Waals surface area (Å²) in [4.78, 5) is 15.3. The van der Waals surface area contributed by atoms with Crippen molar-refractivity contribution in [1.29, 1.82) is 0 Å². The van der Waals surface area contributed by atoms with Crippen LogP contribution < -0.4 is 16.0 Å². The number of amides is 1. The van der Waals surface area contributed by atoms with Gasteiger partial charge >= 0.3 is 0 Å². The van der Waals surface area contributed by atoms with Crippen LogP contribution in [0.4, 0.5) is 0 Å². The maximum absolute atomic E-state index is 12.9. The van der Waals surface area contributed by atoms with Crippen LogP contribution in [0.15, 0.2) is 0 Å². The number of fused-ring (bicyclic) bond motifs is 2. The monoisotopic (exact) mass is 454 g/mol. The van der Waals surface area contributed by atoms with E-state index in [1.165, 1.54) is 0 Å². The Morgan fingerprint density at radius 2 is 2.13 bits per heavy atom. The number of nitrogens with zero attached hydrogens (tertiary/aromatic N) is 1. The van der Waals surface area contributed by atoms with Crippen molar-refractivity contribution in [3.8, 4) is 0 Å². The Kier molecular flexibility index (Phi) is 7.55. The van der Waals surface area contributed by atoms with Crippen molar-refractivity contribution >= 4 is 17.7 Å². The summed E-state index contributed by atoms with van der Waals surface area (Å²) in [6.45, 7) is 11.7. The molecule has 4 N–H and O–H groups in total. The molecule has 31 heavy (non-hydrogen) atoms. The molecular weight excluding hydrogens is 412 g/mol. The van der Waals surface area contributed by atoms with E-state index in [-0.39, 0.29) is 29.1 Å². The van der Waals surface area contributed by atoms with Crippen molar-refractivity contribution < 1.29 is 14.6 Å². The number of aliphatic hydroxyl groups is 1. The summed E-state index contributed by atoms with van der Waals surface area (Å²) in [5.74, 6) is 0.593. The van der Waals surface area contributed by atoms with Gasteiger partial charge < -0.3 is 15.2 Å². The first-order chi connectivity index (χ1) is 14.8. The first-order valence-corrected chi connectivity index (χ1v) is 13.1. The van der Waals surface area contributed by atoms with E-state index in [1.807, 2.05) is 25.7 Å². The van der Waals surface area contributed by atoms with E-state index in [2.05, 4.69) is 34.7 Å². The topological polar surface area (TPSA) is 85.9 Å². The second kappa shape index (κ2) is 9.85. The Balaban J connectivity index is 1.35. The molecule has 2 aliphatic heterocycles. The third-order valence-corrected chi connectivity index (χ3v) is 10.1. The number of carbonyl (C=O) groups excluding carboxylic acids is 1. The lowest BCUT2D eigenvalue weighted by Gasteiger charge is -2.57. The van der Waals surface area contributed by atoms with Gasteiger partial charge in [-0.1, -0.05) is 20.8 Å². The van der Waals surface area contributed by atoms with E-state index in [1.54, 1.807) is 0 Å². The smallest absolute Gasteiger partial charge is 0.223 e. The summed E-state index contributed by atoms with van der Waals surface area (Å²) < 4.78 is 5.39. The van der Waals surface area contributed by atoms with Gasteiger partial charge in [0.25, 0.3) is 0 Å². The molecule has 0 spiro atoms. The molecule has 1 amide bonds. The van der Waals surface area contributed by atoms with Crippen molar-refractivity contribution in [1.82, 2.24) is 20.9 Å². The maximum atomic E-state index is 12.9. The predicted molar refractivity (Wildman–Crippen MR) is 125 cm³/mol. The molecule has 7 nitrogen and oxygen atoms in total. The number of thioether (sulfide) groups is 1. The number of carbonyl (C=O) groups is 1. The summed E-state index contributed by atoms with van der Waals surface area (Å²) in [6.07, 6.45) is 2.76. The lowest BCUT2D eigenvalue weighted by Crippen LogP contribution is -2.60. The highest BCUT2D eigenvalue weighted by Gasteiger charge is 2.58. The molecule has 2 saturated carbocycles. The minimum Gasteiger partial charge on any atom is -0.392 e. The zero-order chi connectivity index (χ0) is 22.2. The molecule has 8 heteroatoms. The first kappa shape index (κ1) is 23.8. The standard InChI is InChI=1S/C23H42N4O3S/c1-14(21(29)25-7-8-27-9-11-30-12-10-27)16-5-6-23(3)13-17-19(26-22(24-4)31-17)15(2)18(23)20(16)28/h14-20,22,24,26,28H,5-13H2,1-4H3,(H,25,29)/t14-,15+,16+,17?,18+,19?,20-,22?,23+/m0/s1. The van der Waals surface area contributed by atoms with E-state index in [4.69, 9.17) is 4.74 Å². The molecule has 4 aliphatic rings. The molecule has 2 heterocycles. The van der Waals surface area contributed by atoms with Crippen molar-refractivity contribution in [3.05, 3.63) is 0 Å². The first-order valence-electron chi connectivity index (χ1n) is 12.2. The van der Waals surface area contributed by atoms with Gasteiger partial charge in [0.15, 0.2) is 0 Å². The molecule has 2 saturated heterocycles. The van der Waals surface area contributed by atoms with Crippen LogP contribution in [0, 0.1) is 29.1 Å². The minimum atomic E-state index is -0.421. The Labute approximate surface area is 191 Å². The minimum absolute atomic E-state index is 0.0367. The van der Waals surface area contributed by atoms with Gasteiger partial charge in [-0.2, -0.15) is 0 Å².